The molecule has 6 fully saturated rings. The van der Waals surface area contributed by atoms with Gasteiger partial charge < -0.3 is 20.1 Å². The zero-order valence-corrected chi connectivity index (χ0v) is 23.0. The Labute approximate surface area is 215 Å². The van der Waals surface area contributed by atoms with Gasteiger partial charge in [-0.05, 0) is 86.4 Å². The number of aliphatic hydroxyl groups excluding tert-OH is 1. The fraction of sp³-hybridized carbons (Fsp3) is 0.933. The largest absolute Gasteiger partial charge is 0.481 e. The van der Waals surface area contributed by atoms with E-state index >= 15 is 0 Å². The molecule has 1 saturated heterocycles. The number of hydrogen-bond donors (Lipinski definition) is 3. The SMILES string of the molecule is CC1(C)[C@@H](O)CC[C@]2(C)C3C(=O)C[C@]4(O)[C@@H]5C[C@@](C)(C(=O)O)CC[C@]5(C)CC[C@]45CO[C@H](C[C@@H]12)[C@]35C. The first-order valence-corrected chi connectivity index (χ1v) is 14.3. The third-order valence-corrected chi connectivity index (χ3v) is 14.0. The van der Waals surface area contributed by atoms with Crippen LogP contribution in [-0.4, -0.2) is 51.5 Å². The van der Waals surface area contributed by atoms with Crippen LogP contribution in [0.3, 0.4) is 0 Å². The van der Waals surface area contributed by atoms with Gasteiger partial charge in [-0.3, -0.25) is 9.59 Å². The molecule has 6 heteroatoms. The number of ketones is 1. The molecule has 5 saturated carbocycles. The Balaban J connectivity index is 1.50. The third-order valence-electron chi connectivity index (χ3n) is 14.0. The number of fused-ring (bicyclic) bond motifs is 4. The second kappa shape index (κ2) is 6.96. The van der Waals surface area contributed by atoms with E-state index in [9.17, 15) is 24.9 Å². The summed E-state index contributed by atoms with van der Waals surface area (Å²) in [5.74, 6) is -0.955. The number of aliphatic hydroxyl groups is 2. The quantitative estimate of drug-likeness (QED) is 0.484. The van der Waals surface area contributed by atoms with E-state index in [1.54, 1.807) is 0 Å². The summed E-state index contributed by atoms with van der Waals surface area (Å²) in [7, 11) is 0. The van der Waals surface area contributed by atoms with Gasteiger partial charge in [0.15, 0.2) is 0 Å². The molecule has 0 amide bonds. The van der Waals surface area contributed by atoms with Crippen molar-refractivity contribution in [3.05, 3.63) is 0 Å². The first-order valence-electron chi connectivity index (χ1n) is 14.3. The Kier molecular flexibility index (Phi) is 4.89. The predicted octanol–water partition coefficient (Wildman–Crippen LogP) is 4.60. The normalized spacial score (nSPS) is 59.3. The van der Waals surface area contributed by atoms with E-state index in [0.717, 1.165) is 32.1 Å². The van der Waals surface area contributed by atoms with E-state index in [2.05, 4.69) is 34.6 Å². The first-order chi connectivity index (χ1) is 16.5. The van der Waals surface area contributed by atoms with Gasteiger partial charge in [-0.15, -0.1) is 0 Å². The van der Waals surface area contributed by atoms with Crippen molar-refractivity contribution in [2.75, 3.05) is 6.61 Å². The van der Waals surface area contributed by atoms with Crippen LogP contribution in [-0.2, 0) is 14.3 Å². The lowest BCUT2D eigenvalue weighted by molar-refractivity contribution is -0.291. The molecule has 5 aliphatic carbocycles. The number of rotatable bonds is 1. The summed E-state index contributed by atoms with van der Waals surface area (Å²) in [5.41, 5.74) is -3.94. The molecule has 0 bridgehead atoms. The number of carboxylic acids is 1. The highest BCUT2D eigenvalue weighted by Gasteiger charge is 2.82. The number of carboxylic acid groups (broad SMARTS) is 1. The topological polar surface area (TPSA) is 104 Å². The van der Waals surface area contributed by atoms with E-state index in [1.165, 1.54) is 0 Å². The summed E-state index contributed by atoms with van der Waals surface area (Å²) in [6.45, 7) is 13.3. The van der Waals surface area contributed by atoms with E-state index in [1.807, 2.05) is 6.92 Å². The minimum Gasteiger partial charge on any atom is -0.481 e. The summed E-state index contributed by atoms with van der Waals surface area (Å²) in [5, 5.41) is 34.0. The van der Waals surface area contributed by atoms with Gasteiger partial charge in [-0.25, -0.2) is 0 Å². The molecule has 36 heavy (non-hydrogen) atoms. The van der Waals surface area contributed by atoms with Gasteiger partial charge in [-0.1, -0.05) is 34.6 Å². The van der Waals surface area contributed by atoms with Crippen molar-refractivity contribution < 1.29 is 29.6 Å². The molecule has 3 N–H and O–H groups in total. The highest BCUT2D eigenvalue weighted by Crippen LogP contribution is 2.79. The van der Waals surface area contributed by atoms with E-state index in [4.69, 9.17) is 4.74 Å². The molecule has 0 aromatic carbocycles. The number of Topliss-reactive ketones (excluding diaryl/α,β-unsaturated/α-hetero) is 1. The summed E-state index contributed by atoms with van der Waals surface area (Å²) < 4.78 is 6.67. The van der Waals surface area contributed by atoms with Gasteiger partial charge in [0.25, 0.3) is 0 Å². The smallest absolute Gasteiger partial charge is 0.309 e. The van der Waals surface area contributed by atoms with Crippen molar-refractivity contribution in [2.45, 2.75) is 117 Å². The fourth-order valence-electron chi connectivity index (χ4n) is 11.7. The number of carbonyl (C=O) groups excluding carboxylic acids is 1. The maximum atomic E-state index is 14.4. The second-order valence-corrected chi connectivity index (χ2v) is 15.6. The average molecular weight is 503 g/mol. The molecule has 6 nitrogen and oxygen atoms in total. The molecule has 0 aromatic rings. The standard InChI is InChI=1S/C30H46O6/c1-24(2)18-13-21-28(6)22(27(18,5)8-7-20(24)32)17(31)14-30(35)19-15-26(4,23(33)34)10-9-25(19,3)11-12-29(28,30)16-36-21/h18-22,32,35H,7-16H2,1-6H3,(H,33,34)/t18-,19+,20-,21+,22?,25+,26-,27-,28+,29+,30-/m0/s1. The first kappa shape index (κ1) is 25.3. The van der Waals surface area contributed by atoms with Crippen LogP contribution < -0.4 is 0 Å². The minimum atomic E-state index is -1.26. The summed E-state index contributed by atoms with van der Waals surface area (Å²) in [4.78, 5) is 26.8. The molecular weight excluding hydrogens is 456 g/mol. The second-order valence-electron chi connectivity index (χ2n) is 15.6. The maximum absolute atomic E-state index is 14.4. The molecule has 6 aliphatic rings. The van der Waals surface area contributed by atoms with Crippen LogP contribution in [0.1, 0.15) is 99.3 Å². The van der Waals surface area contributed by atoms with Crippen LogP contribution in [0.15, 0.2) is 0 Å². The van der Waals surface area contributed by atoms with Crippen LogP contribution in [0.4, 0.5) is 0 Å². The van der Waals surface area contributed by atoms with Crippen LogP contribution >= 0.6 is 0 Å². The van der Waals surface area contributed by atoms with E-state index in [-0.39, 0.29) is 52.3 Å². The van der Waals surface area contributed by atoms with Crippen molar-refractivity contribution in [2.24, 2.45) is 50.2 Å². The van der Waals surface area contributed by atoms with Crippen LogP contribution in [0.2, 0.25) is 0 Å². The Morgan fingerprint density at radius 3 is 2.31 bits per heavy atom. The molecule has 0 radical (unpaired) electrons. The highest BCUT2D eigenvalue weighted by atomic mass is 16.5. The molecule has 0 aromatic heterocycles. The monoisotopic (exact) mass is 502 g/mol. The fourth-order valence-corrected chi connectivity index (χ4v) is 11.7. The molecule has 11 atom stereocenters. The number of carbonyl (C=O) groups is 2. The average Bonchev–Trinajstić information content (AvgIpc) is 3.07. The van der Waals surface area contributed by atoms with Gasteiger partial charge in [0.1, 0.15) is 5.78 Å². The lowest BCUT2D eigenvalue weighted by Crippen LogP contribution is -2.77. The molecular formula is C30H46O6. The predicted molar refractivity (Wildman–Crippen MR) is 134 cm³/mol. The van der Waals surface area contributed by atoms with Crippen molar-refractivity contribution in [3.8, 4) is 0 Å². The summed E-state index contributed by atoms with van der Waals surface area (Å²) in [6, 6.07) is 0. The Bertz CT molecular complexity index is 1020. The third kappa shape index (κ3) is 2.56. The van der Waals surface area contributed by atoms with Gasteiger partial charge >= 0.3 is 5.97 Å². The number of ether oxygens (including phenoxy) is 1. The van der Waals surface area contributed by atoms with Gasteiger partial charge in [0.05, 0.1) is 29.8 Å². The Morgan fingerprint density at radius 2 is 1.64 bits per heavy atom. The van der Waals surface area contributed by atoms with Crippen molar-refractivity contribution in [1.82, 2.24) is 0 Å². The number of aliphatic carboxylic acids is 1. The number of hydrogen-bond acceptors (Lipinski definition) is 5. The van der Waals surface area contributed by atoms with Gasteiger partial charge in [0.2, 0.25) is 0 Å². The van der Waals surface area contributed by atoms with Crippen molar-refractivity contribution in [1.29, 1.82) is 0 Å². The lowest BCUT2D eigenvalue weighted by Gasteiger charge is -2.73. The minimum absolute atomic E-state index is 0.102. The Hall–Kier alpha value is -0.980. The molecule has 202 valence electrons. The lowest BCUT2D eigenvalue weighted by atomic mass is 9.30. The zero-order chi connectivity index (χ0) is 26.3. The molecule has 1 aliphatic heterocycles. The van der Waals surface area contributed by atoms with Gasteiger partial charge in [-0.2, -0.15) is 0 Å². The van der Waals surface area contributed by atoms with Crippen molar-refractivity contribution >= 4 is 11.8 Å². The zero-order valence-electron chi connectivity index (χ0n) is 23.0. The van der Waals surface area contributed by atoms with Crippen molar-refractivity contribution in [3.63, 3.8) is 0 Å². The molecule has 1 unspecified atom stereocenters. The van der Waals surface area contributed by atoms with Crippen LogP contribution in [0.25, 0.3) is 0 Å². The van der Waals surface area contributed by atoms with Gasteiger partial charge in [0, 0.05) is 23.2 Å². The van der Waals surface area contributed by atoms with E-state index < -0.39 is 33.9 Å². The summed E-state index contributed by atoms with van der Waals surface area (Å²) >= 11 is 0. The maximum Gasteiger partial charge on any atom is 0.309 e. The summed E-state index contributed by atoms with van der Waals surface area (Å²) in [6.07, 6.45) is 5.43. The molecule has 1 spiro atoms. The van der Waals surface area contributed by atoms with Crippen LogP contribution in [0.5, 0.6) is 0 Å². The molecule has 6 rings (SSSR count). The Morgan fingerprint density at radius 1 is 0.972 bits per heavy atom. The molecule has 1 heterocycles. The van der Waals surface area contributed by atoms with E-state index in [0.29, 0.717) is 25.9 Å². The highest BCUT2D eigenvalue weighted by molar-refractivity contribution is 5.86. The van der Waals surface area contributed by atoms with Crippen LogP contribution in [0, 0.1) is 50.2 Å².